The highest BCUT2D eigenvalue weighted by Gasteiger charge is 2.45. The van der Waals surface area contributed by atoms with Crippen LogP contribution in [0.5, 0.6) is 5.75 Å². The van der Waals surface area contributed by atoms with Gasteiger partial charge in [-0.25, -0.2) is 4.39 Å². The minimum atomic E-state index is -0.908. The number of benzene rings is 3. The molecule has 1 atom stereocenters. The van der Waals surface area contributed by atoms with Gasteiger partial charge < -0.3 is 15.1 Å². The third kappa shape index (κ3) is 4.47. The Morgan fingerprint density at radius 2 is 1.79 bits per heavy atom. The van der Waals surface area contributed by atoms with E-state index in [0.717, 1.165) is 5.56 Å². The van der Waals surface area contributed by atoms with E-state index in [1.54, 1.807) is 31.2 Å². The minimum Gasteiger partial charge on any atom is -0.508 e. The van der Waals surface area contributed by atoms with Gasteiger partial charge in [0.15, 0.2) is 0 Å². The summed E-state index contributed by atoms with van der Waals surface area (Å²) in [5, 5.41) is 21.6. The summed E-state index contributed by atoms with van der Waals surface area (Å²) in [6, 6.07) is 16.4. The molecule has 0 saturated carbocycles. The first-order valence-corrected chi connectivity index (χ1v) is 10.7. The van der Waals surface area contributed by atoms with E-state index in [2.05, 4.69) is 0 Å². The number of phenolic OH excluding ortho intramolecular Hbond substituents is 1. The fourth-order valence-electron chi connectivity index (χ4n) is 4.00. The van der Waals surface area contributed by atoms with E-state index in [1.165, 1.54) is 35.2 Å². The molecule has 2 N–H and O–H groups in total. The average molecular weight is 466 g/mol. The number of likely N-dealkylation sites (tertiary alicyclic amines) is 1. The first-order valence-electron chi connectivity index (χ1n) is 10.3. The number of carbonyl (C=O) groups excluding carboxylic acids is 2. The number of Topliss-reactive ketones (excluding diaryl/α,β-unsaturated/α-hetero) is 1. The second-order valence-electron chi connectivity index (χ2n) is 7.93. The van der Waals surface area contributed by atoms with Crippen LogP contribution in [0.15, 0.2) is 72.3 Å². The van der Waals surface area contributed by atoms with Crippen LogP contribution in [0.4, 0.5) is 4.39 Å². The number of aliphatic hydroxyl groups excluding tert-OH is 1. The Morgan fingerprint density at radius 3 is 2.45 bits per heavy atom. The van der Waals surface area contributed by atoms with Crippen molar-refractivity contribution in [3.05, 3.63) is 105 Å². The third-order valence-corrected chi connectivity index (χ3v) is 5.96. The number of aromatic hydroxyl groups is 1. The maximum Gasteiger partial charge on any atom is 0.295 e. The molecule has 0 aliphatic carbocycles. The molecule has 1 amide bonds. The Bertz CT molecular complexity index is 1270. The van der Waals surface area contributed by atoms with Gasteiger partial charge >= 0.3 is 0 Å². The predicted octanol–water partition coefficient (Wildman–Crippen LogP) is 5.16. The van der Waals surface area contributed by atoms with E-state index in [-0.39, 0.29) is 23.4 Å². The van der Waals surface area contributed by atoms with Crippen molar-refractivity contribution in [2.45, 2.75) is 19.4 Å². The molecule has 3 aromatic rings. The molecule has 1 aliphatic heterocycles. The van der Waals surface area contributed by atoms with Gasteiger partial charge in [-0.1, -0.05) is 35.9 Å². The van der Waals surface area contributed by atoms with Gasteiger partial charge in [-0.15, -0.1) is 0 Å². The summed E-state index contributed by atoms with van der Waals surface area (Å²) in [7, 11) is 0. The molecule has 0 bridgehead atoms. The number of amides is 1. The van der Waals surface area contributed by atoms with E-state index < -0.39 is 29.3 Å². The van der Waals surface area contributed by atoms with Crippen molar-refractivity contribution in [2.24, 2.45) is 0 Å². The van der Waals surface area contributed by atoms with Crippen LogP contribution in [0.25, 0.3) is 5.76 Å². The van der Waals surface area contributed by atoms with Gasteiger partial charge in [-0.2, -0.15) is 0 Å². The molecule has 1 fully saturated rings. The number of hydrogen-bond donors (Lipinski definition) is 2. The van der Waals surface area contributed by atoms with Crippen LogP contribution in [0.1, 0.15) is 28.3 Å². The summed E-state index contributed by atoms with van der Waals surface area (Å²) in [6.45, 7) is 1.75. The molecule has 0 radical (unpaired) electrons. The molecular formula is C26H21ClFNO4. The molecule has 1 saturated heterocycles. The van der Waals surface area contributed by atoms with Gasteiger partial charge in [-0.3, -0.25) is 9.59 Å². The van der Waals surface area contributed by atoms with Gasteiger partial charge in [0.25, 0.3) is 11.7 Å². The fourth-order valence-corrected chi connectivity index (χ4v) is 4.13. The normalized spacial score (nSPS) is 17.5. The standard InChI is InChI=1S/C26H21ClFNO4/c1-15-13-18(7-10-21(15)28)24(31)22-23(17-3-2-4-20(30)14-17)29(26(33)25(22)32)12-11-16-5-8-19(27)9-6-16/h2-10,13-14,23,30-31H,11-12H2,1H3/b24-22-. The Hall–Kier alpha value is -3.64. The molecule has 3 aromatic carbocycles. The summed E-state index contributed by atoms with van der Waals surface area (Å²) >= 11 is 5.94. The zero-order valence-electron chi connectivity index (χ0n) is 17.8. The lowest BCUT2D eigenvalue weighted by Gasteiger charge is -2.25. The first-order chi connectivity index (χ1) is 15.8. The molecule has 1 heterocycles. The lowest BCUT2D eigenvalue weighted by molar-refractivity contribution is -0.139. The second kappa shape index (κ2) is 9.08. The molecule has 0 spiro atoms. The van der Waals surface area contributed by atoms with Gasteiger partial charge in [0.1, 0.15) is 17.3 Å². The molecule has 1 aliphatic rings. The molecule has 7 heteroatoms. The van der Waals surface area contributed by atoms with Crippen molar-refractivity contribution in [1.82, 2.24) is 4.90 Å². The number of hydrogen-bond acceptors (Lipinski definition) is 4. The van der Waals surface area contributed by atoms with Crippen molar-refractivity contribution in [3.63, 3.8) is 0 Å². The molecule has 0 aromatic heterocycles. The molecule has 1 unspecified atom stereocenters. The number of phenols is 1. The summed E-state index contributed by atoms with van der Waals surface area (Å²) in [6.07, 6.45) is 0.454. The lowest BCUT2D eigenvalue weighted by atomic mass is 9.94. The first kappa shape index (κ1) is 22.6. The van der Waals surface area contributed by atoms with Gasteiger partial charge in [-0.05, 0) is 72.5 Å². The van der Waals surface area contributed by atoms with Gasteiger partial charge in [0, 0.05) is 17.1 Å². The summed E-state index contributed by atoms with van der Waals surface area (Å²) in [5.74, 6) is -2.46. The quantitative estimate of drug-likeness (QED) is 0.310. The van der Waals surface area contributed by atoms with E-state index in [9.17, 15) is 24.2 Å². The number of rotatable bonds is 5. The Labute approximate surface area is 195 Å². The van der Waals surface area contributed by atoms with Gasteiger partial charge in [0.2, 0.25) is 0 Å². The fraction of sp³-hybridized carbons (Fsp3) is 0.154. The number of nitrogens with zero attached hydrogens (tertiary/aromatic N) is 1. The molecule has 4 rings (SSSR count). The van der Waals surface area contributed by atoms with E-state index in [0.29, 0.717) is 22.6 Å². The minimum absolute atomic E-state index is 0.0339. The maximum absolute atomic E-state index is 13.7. The zero-order chi connectivity index (χ0) is 23.7. The highest BCUT2D eigenvalue weighted by Crippen LogP contribution is 2.40. The van der Waals surface area contributed by atoms with Crippen LogP contribution in [-0.2, 0) is 16.0 Å². The Balaban J connectivity index is 1.79. The molecular weight excluding hydrogens is 445 g/mol. The van der Waals surface area contributed by atoms with Crippen LogP contribution in [0.2, 0.25) is 5.02 Å². The average Bonchev–Trinajstić information content (AvgIpc) is 3.05. The maximum atomic E-state index is 13.7. The monoisotopic (exact) mass is 465 g/mol. The SMILES string of the molecule is Cc1cc(/C(O)=C2/C(=O)C(=O)N(CCc3ccc(Cl)cc3)C2c2cccc(O)c2)ccc1F. The highest BCUT2D eigenvalue weighted by atomic mass is 35.5. The van der Waals surface area contributed by atoms with Crippen molar-refractivity contribution in [3.8, 4) is 5.75 Å². The molecule has 33 heavy (non-hydrogen) atoms. The summed E-state index contributed by atoms with van der Waals surface area (Å²) in [5.41, 5.74) is 1.82. The van der Waals surface area contributed by atoms with Crippen LogP contribution in [0, 0.1) is 12.7 Å². The zero-order valence-corrected chi connectivity index (χ0v) is 18.5. The van der Waals surface area contributed by atoms with Crippen molar-refractivity contribution < 1.29 is 24.2 Å². The van der Waals surface area contributed by atoms with E-state index in [4.69, 9.17) is 11.6 Å². The van der Waals surface area contributed by atoms with Crippen LogP contribution in [0.3, 0.4) is 0 Å². The lowest BCUT2D eigenvalue weighted by Crippen LogP contribution is -2.31. The van der Waals surface area contributed by atoms with E-state index in [1.807, 2.05) is 12.1 Å². The number of aryl methyl sites for hydroxylation is 1. The van der Waals surface area contributed by atoms with Crippen LogP contribution in [-0.4, -0.2) is 33.3 Å². The van der Waals surface area contributed by atoms with Gasteiger partial charge in [0.05, 0.1) is 11.6 Å². The van der Waals surface area contributed by atoms with Crippen molar-refractivity contribution >= 4 is 29.1 Å². The number of carbonyl (C=O) groups is 2. The summed E-state index contributed by atoms with van der Waals surface area (Å²) in [4.78, 5) is 27.4. The Morgan fingerprint density at radius 1 is 1.06 bits per heavy atom. The smallest absolute Gasteiger partial charge is 0.295 e. The largest absolute Gasteiger partial charge is 0.508 e. The highest BCUT2D eigenvalue weighted by molar-refractivity contribution is 6.46. The summed E-state index contributed by atoms with van der Waals surface area (Å²) < 4.78 is 13.7. The number of aliphatic hydroxyl groups is 1. The predicted molar refractivity (Wildman–Crippen MR) is 123 cm³/mol. The Kier molecular flexibility index (Phi) is 6.20. The number of halogens is 2. The third-order valence-electron chi connectivity index (χ3n) is 5.71. The second-order valence-corrected chi connectivity index (χ2v) is 8.36. The van der Waals surface area contributed by atoms with Crippen LogP contribution < -0.4 is 0 Å². The molecule has 5 nitrogen and oxygen atoms in total. The van der Waals surface area contributed by atoms with Crippen LogP contribution >= 0.6 is 11.6 Å². The van der Waals surface area contributed by atoms with E-state index >= 15 is 0 Å². The number of ketones is 1. The topological polar surface area (TPSA) is 77.8 Å². The molecule has 168 valence electrons. The van der Waals surface area contributed by atoms with Crippen molar-refractivity contribution in [1.29, 1.82) is 0 Å². The van der Waals surface area contributed by atoms with Crippen molar-refractivity contribution in [2.75, 3.05) is 6.54 Å².